The molecule has 0 spiro atoms. The van der Waals surface area contributed by atoms with Crippen LogP contribution in [0.1, 0.15) is 18.9 Å². The van der Waals surface area contributed by atoms with Crippen molar-refractivity contribution < 1.29 is 23.6 Å². The third-order valence-corrected chi connectivity index (χ3v) is 2.36. The summed E-state index contributed by atoms with van der Waals surface area (Å²) in [5.74, 6) is -0.648. The molecule has 0 bridgehead atoms. The van der Waals surface area contributed by atoms with E-state index in [-0.39, 0.29) is 11.9 Å². The molecule has 102 valence electrons. The molecule has 0 saturated carbocycles. The second-order valence-corrected chi connectivity index (χ2v) is 3.93. The van der Waals surface area contributed by atoms with E-state index >= 15 is 0 Å². The second kappa shape index (κ2) is 8.02. The summed E-state index contributed by atoms with van der Waals surface area (Å²) >= 11 is 0. The summed E-state index contributed by atoms with van der Waals surface area (Å²) in [7, 11) is 1.34. The van der Waals surface area contributed by atoms with Gasteiger partial charge in [0.25, 0.3) is 0 Å². The Morgan fingerprint density at radius 3 is 2.89 bits per heavy atom. The molecule has 0 N–H and O–H groups in total. The number of hydrogen-bond acceptors (Lipinski definition) is 4. The summed E-state index contributed by atoms with van der Waals surface area (Å²) in [4.78, 5) is 21.6. The summed E-state index contributed by atoms with van der Waals surface area (Å²) in [6, 6.07) is 3.78. The summed E-state index contributed by atoms with van der Waals surface area (Å²) in [5.41, 5.74) is 0.903. The zero-order valence-corrected chi connectivity index (χ0v) is 11.2. The number of hydrogen-bond donors (Lipinski definition) is 0. The van der Waals surface area contributed by atoms with Crippen molar-refractivity contribution in [2.24, 2.45) is 0 Å². The number of aromatic nitrogens is 1. The fourth-order valence-electron chi connectivity index (χ4n) is 1.48. The van der Waals surface area contributed by atoms with Crippen LogP contribution in [0.5, 0.6) is 0 Å². The summed E-state index contributed by atoms with van der Waals surface area (Å²) in [6.45, 7) is 2.54. The summed E-state index contributed by atoms with van der Waals surface area (Å²) < 4.78 is 11.4. The van der Waals surface area contributed by atoms with Crippen LogP contribution in [0, 0.1) is 0 Å². The van der Waals surface area contributed by atoms with Crippen LogP contribution in [-0.4, -0.2) is 25.7 Å². The number of carbonyl (C=O) groups is 2. The predicted octanol–water partition coefficient (Wildman–Crippen LogP) is 1.11. The van der Waals surface area contributed by atoms with E-state index in [0.717, 1.165) is 18.5 Å². The first-order valence-corrected chi connectivity index (χ1v) is 6.00. The van der Waals surface area contributed by atoms with Gasteiger partial charge in [0.1, 0.15) is 0 Å². The van der Waals surface area contributed by atoms with Gasteiger partial charge in [0.05, 0.1) is 13.7 Å². The first-order chi connectivity index (χ1) is 9.11. The number of rotatable bonds is 6. The third kappa shape index (κ3) is 6.35. The molecule has 0 aliphatic rings. The quantitative estimate of drug-likeness (QED) is 0.334. The van der Waals surface area contributed by atoms with Crippen molar-refractivity contribution in [1.29, 1.82) is 0 Å². The minimum atomic E-state index is -0.384. The zero-order valence-electron chi connectivity index (χ0n) is 11.2. The Morgan fingerprint density at radius 2 is 2.21 bits per heavy atom. The minimum absolute atomic E-state index is 0.264. The number of pyridine rings is 1. The molecule has 19 heavy (non-hydrogen) atoms. The van der Waals surface area contributed by atoms with Crippen LogP contribution < -0.4 is 4.57 Å². The van der Waals surface area contributed by atoms with Gasteiger partial charge in [-0.05, 0) is 12.1 Å². The number of esters is 2. The van der Waals surface area contributed by atoms with Gasteiger partial charge in [-0.2, -0.15) is 0 Å². The number of nitrogens with zero attached hydrogens (tertiary/aromatic N) is 1. The van der Waals surface area contributed by atoms with Crippen LogP contribution in [0.4, 0.5) is 0 Å². The zero-order chi connectivity index (χ0) is 14.1. The Balaban J connectivity index is 2.50. The molecule has 1 aromatic heterocycles. The molecule has 0 aliphatic heterocycles. The van der Waals surface area contributed by atoms with Gasteiger partial charge in [0.2, 0.25) is 0 Å². The van der Waals surface area contributed by atoms with Crippen LogP contribution in [0.25, 0.3) is 6.08 Å². The highest BCUT2D eigenvalue weighted by molar-refractivity contribution is 5.86. The maximum atomic E-state index is 11.0. The molecule has 5 nitrogen and oxygen atoms in total. The van der Waals surface area contributed by atoms with E-state index in [9.17, 15) is 9.59 Å². The van der Waals surface area contributed by atoms with E-state index in [2.05, 4.69) is 4.74 Å². The SMILES string of the molecule is COC(=O)/C=C/c1ccc[n+](CCCOC(C)=O)c1. The third-order valence-electron chi connectivity index (χ3n) is 2.36. The fraction of sp³-hybridized carbons (Fsp3) is 0.357. The number of carbonyl (C=O) groups excluding carboxylic acids is 2. The van der Waals surface area contributed by atoms with Crippen LogP contribution in [0.3, 0.4) is 0 Å². The van der Waals surface area contributed by atoms with Crippen LogP contribution in [0.2, 0.25) is 0 Å². The number of methoxy groups -OCH3 is 1. The standard InChI is InChI=1S/C14H18NO4/c1-12(16)19-10-4-9-15-8-3-5-13(11-15)6-7-14(17)18-2/h3,5-8,11H,4,9-10H2,1-2H3/q+1/b7-6+. The Hall–Kier alpha value is -2.17. The molecule has 1 heterocycles. The molecular formula is C14H18NO4+. The topological polar surface area (TPSA) is 56.5 Å². The summed E-state index contributed by atoms with van der Waals surface area (Å²) in [6.07, 6.45) is 7.64. The monoisotopic (exact) mass is 264 g/mol. The predicted molar refractivity (Wildman–Crippen MR) is 68.9 cm³/mol. The lowest BCUT2D eigenvalue weighted by molar-refractivity contribution is -0.697. The number of ether oxygens (including phenoxy) is 2. The molecule has 0 amide bonds. The van der Waals surface area contributed by atoms with E-state index in [1.165, 1.54) is 20.1 Å². The van der Waals surface area contributed by atoms with Gasteiger partial charge in [-0.1, -0.05) is 0 Å². The van der Waals surface area contributed by atoms with Crippen LogP contribution in [0.15, 0.2) is 30.6 Å². The van der Waals surface area contributed by atoms with E-state index < -0.39 is 0 Å². The van der Waals surface area contributed by atoms with E-state index in [0.29, 0.717) is 6.61 Å². The average Bonchev–Trinajstić information content (AvgIpc) is 2.41. The summed E-state index contributed by atoms with van der Waals surface area (Å²) in [5, 5.41) is 0. The second-order valence-electron chi connectivity index (χ2n) is 3.93. The van der Waals surface area contributed by atoms with Gasteiger partial charge >= 0.3 is 11.9 Å². The van der Waals surface area contributed by atoms with Gasteiger partial charge < -0.3 is 9.47 Å². The van der Waals surface area contributed by atoms with Gasteiger partial charge in [-0.3, -0.25) is 4.79 Å². The van der Waals surface area contributed by atoms with Crippen molar-refractivity contribution in [2.45, 2.75) is 19.9 Å². The molecule has 0 unspecified atom stereocenters. The van der Waals surface area contributed by atoms with Crippen molar-refractivity contribution in [3.05, 3.63) is 36.2 Å². The molecule has 0 atom stereocenters. The van der Waals surface area contributed by atoms with Crippen molar-refractivity contribution in [3.63, 3.8) is 0 Å². The Labute approximate surface area is 112 Å². The van der Waals surface area contributed by atoms with E-state index in [4.69, 9.17) is 4.74 Å². The van der Waals surface area contributed by atoms with Crippen LogP contribution >= 0.6 is 0 Å². The highest BCUT2D eigenvalue weighted by atomic mass is 16.5. The normalized spacial score (nSPS) is 10.4. The van der Waals surface area contributed by atoms with E-state index in [1.54, 1.807) is 6.08 Å². The molecule has 5 heteroatoms. The Bertz CT molecular complexity index is 468. The van der Waals surface area contributed by atoms with E-state index in [1.807, 2.05) is 29.1 Å². The van der Waals surface area contributed by atoms with Gasteiger partial charge in [0, 0.05) is 31.1 Å². The van der Waals surface area contributed by atoms with Crippen molar-refractivity contribution in [1.82, 2.24) is 0 Å². The number of aryl methyl sites for hydroxylation is 1. The fourth-order valence-corrected chi connectivity index (χ4v) is 1.48. The lowest BCUT2D eigenvalue weighted by Crippen LogP contribution is -2.33. The molecule has 0 aromatic carbocycles. The van der Waals surface area contributed by atoms with Gasteiger partial charge in [0.15, 0.2) is 18.9 Å². The molecular weight excluding hydrogens is 246 g/mol. The highest BCUT2D eigenvalue weighted by Gasteiger charge is 2.02. The average molecular weight is 264 g/mol. The largest absolute Gasteiger partial charge is 0.466 e. The van der Waals surface area contributed by atoms with Gasteiger partial charge in [-0.25, -0.2) is 9.36 Å². The van der Waals surface area contributed by atoms with Crippen molar-refractivity contribution in [3.8, 4) is 0 Å². The minimum Gasteiger partial charge on any atom is -0.466 e. The molecule has 0 radical (unpaired) electrons. The molecule has 1 aromatic rings. The van der Waals surface area contributed by atoms with Crippen molar-refractivity contribution >= 4 is 18.0 Å². The maximum Gasteiger partial charge on any atom is 0.330 e. The lowest BCUT2D eigenvalue weighted by atomic mass is 10.2. The Morgan fingerprint density at radius 1 is 1.42 bits per heavy atom. The Kier molecular flexibility index (Phi) is 6.29. The molecule has 1 rings (SSSR count). The molecule has 0 saturated heterocycles. The molecule has 0 aliphatic carbocycles. The van der Waals surface area contributed by atoms with Crippen LogP contribution in [-0.2, 0) is 25.6 Å². The first-order valence-electron chi connectivity index (χ1n) is 6.00. The molecule has 0 fully saturated rings. The highest BCUT2D eigenvalue weighted by Crippen LogP contribution is 1.98. The van der Waals surface area contributed by atoms with Gasteiger partial charge in [-0.15, -0.1) is 0 Å². The lowest BCUT2D eigenvalue weighted by Gasteiger charge is -2.00. The first kappa shape index (κ1) is 14.9. The maximum absolute atomic E-state index is 11.0. The smallest absolute Gasteiger partial charge is 0.330 e. The van der Waals surface area contributed by atoms with Crippen molar-refractivity contribution in [2.75, 3.05) is 13.7 Å².